The van der Waals surface area contributed by atoms with E-state index >= 15 is 0 Å². The lowest BCUT2D eigenvalue weighted by Crippen LogP contribution is -2.40. The van der Waals surface area contributed by atoms with E-state index in [0.717, 1.165) is 11.1 Å². The van der Waals surface area contributed by atoms with Crippen molar-refractivity contribution in [2.75, 3.05) is 20.3 Å². The van der Waals surface area contributed by atoms with Crippen LogP contribution in [0.4, 0.5) is 0 Å². The van der Waals surface area contributed by atoms with Gasteiger partial charge in [-0.1, -0.05) is 47.2 Å². The van der Waals surface area contributed by atoms with Gasteiger partial charge in [-0.15, -0.1) is 0 Å². The summed E-state index contributed by atoms with van der Waals surface area (Å²) in [6, 6.07) is 15.8. The van der Waals surface area contributed by atoms with Crippen molar-refractivity contribution < 1.29 is 23.7 Å². The molecular formula is C33H29Br2ClN2O6S. The number of carbonyl (C=O) groups is 1. The molecule has 0 amide bonds. The molecule has 0 unspecified atom stereocenters. The lowest BCUT2D eigenvalue weighted by atomic mass is 9.95. The third kappa shape index (κ3) is 6.91. The van der Waals surface area contributed by atoms with Crippen LogP contribution in [0.1, 0.15) is 43.5 Å². The van der Waals surface area contributed by atoms with Crippen LogP contribution in [-0.4, -0.2) is 30.9 Å². The maximum Gasteiger partial charge on any atom is 0.338 e. The normalized spacial score (nSPS) is 14.6. The third-order valence-corrected chi connectivity index (χ3v) is 9.50. The summed E-state index contributed by atoms with van der Waals surface area (Å²) < 4.78 is 26.1. The Morgan fingerprint density at radius 1 is 1.04 bits per heavy atom. The van der Waals surface area contributed by atoms with Crippen molar-refractivity contribution in [2.24, 2.45) is 4.99 Å². The topological polar surface area (TPSA) is 88.4 Å². The number of rotatable bonds is 10. The zero-order valence-corrected chi connectivity index (χ0v) is 29.6. The first kappa shape index (κ1) is 33.0. The van der Waals surface area contributed by atoms with Crippen molar-refractivity contribution in [3.63, 3.8) is 0 Å². The van der Waals surface area contributed by atoms with E-state index in [4.69, 9.17) is 30.5 Å². The zero-order valence-electron chi connectivity index (χ0n) is 24.9. The summed E-state index contributed by atoms with van der Waals surface area (Å²) in [5, 5.41) is 0.625. The van der Waals surface area contributed by atoms with Crippen LogP contribution < -0.4 is 29.1 Å². The van der Waals surface area contributed by atoms with Gasteiger partial charge in [0.05, 0.1) is 51.1 Å². The lowest BCUT2D eigenvalue weighted by Gasteiger charge is -2.25. The summed E-state index contributed by atoms with van der Waals surface area (Å²) in [7, 11) is 1.56. The monoisotopic (exact) mass is 774 g/mol. The van der Waals surface area contributed by atoms with Crippen molar-refractivity contribution >= 4 is 66.8 Å². The SMILES string of the molecule is CCOC(=O)C1=C(C)N=c2s/c(=C\c3cc(Br)c(OCc4ccccc4Cl)c(Br)c3)c(=O)n2[C@@H]1c1ccc(OC)c(OCC)c1. The van der Waals surface area contributed by atoms with Crippen LogP contribution in [-0.2, 0) is 16.1 Å². The summed E-state index contributed by atoms with van der Waals surface area (Å²) in [5.74, 6) is 1.12. The third-order valence-electron chi connectivity index (χ3n) is 6.97. The first-order valence-electron chi connectivity index (χ1n) is 14.0. The molecule has 1 atom stereocenters. The molecule has 1 aromatic heterocycles. The molecule has 1 aliphatic rings. The molecule has 5 rings (SSSR count). The van der Waals surface area contributed by atoms with Gasteiger partial charge in [0, 0.05) is 10.6 Å². The number of hydrogen-bond acceptors (Lipinski definition) is 8. The maximum atomic E-state index is 14.1. The Hall–Kier alpha value is -3.38. The molecule has 234 valence electrons. The second-order valence-electron chi connectivity index (χ2n) is 9.84. The highest BCUT2D eigenvalue weighted by molar-refractivity contribution is 9.11. The fourth-order valence-corrected chi connectivity index (χ4v) is 7.64. The van der Waals surface area contributed by atoms with Crippen LogP contribution >= 0.6 is 54.8 Å². The highest BCUT2D eigenvalue weighted by Gasteiger charge is 2.34. The molecule has 3 aromatic carbocycles. The Kier molecular flexibility index (Phi) is 10.5. The summed E-state index contributed by atoms with van der Waals surface area (Å²) in [5.41, 5.74) is 2.75. The number of aromatic nitrogens is 1. The number of carbonyl (C=O) groups excluding carboxylic acids is 1. The molecule has 8 nitrogen and oxygen atoms in total. The number of methoxy groups -OCH3 is 1. The molecule has 0 aliphatic carbocycles. The Balaban J connectivity index is 1.59. The van der Waals surface area contributed by atoms with Gasteiger partial charge in [0.1, 0.15) is 12.4 Å². The molecule has 45 heavy (non-hydrogen) atoms. The number of hydrogen-bond donors (Lipinski definition) is 0. The molecule has 0 bridgehead atoms. The van der Waals surface area contributed by atoms with Crippen LogP contribution in [0.2, 0.25) is 5.02 Å². The summed E-state index contributed by atoms with van der Waals surface area (Å²) in [4.78, 5) is 32.5. The van der Waals surface area contributed by atoms with Gasteiger partial charge in [0.15, 0.2) is 16.3 Å². The molecule has 0 N–H and O–H groups in total. The number of thiazole rings is 1. The van der Waals surface area contributed by atoms with Crippen LogP contribution in [0, 0.1) is 0 Å². The largest absolute Gasteiger partial charge is 0.493 e. The lowest BCUT2D eigenvalue weighted by molar-refractivity contribution is -0.139. The van der Waals surface area contributed by atoms with E-state index in [-0.39, 0.29) is 24.3 Å². The Bertz CT molecular complexity index is 1960. The standard InChI is InChI=1S/C33H29Br2ClN2O6S/c1-5-42-26-16-20(11-12-25(26)41-4)29-28(32(40)43-6-2)18(3)37-33-38(29)31(39)27(45-33)15-19-13-22(34)30(23(35)14-19)44-17-21-9-7-8-10-24(21)36/h7-16,29H,5-6,17H2,1-4H3/b27-15-/t29-/m1/s1. The van der Waals surface area contributed by atoms with Gasteiger partial charge < -0.3 is 18.9 Å². The van der Waals surface area contributed by atoms with E-state index in [1.165, 1.54) is 11.3 Å². The molecule has 1 aliphatic heterocycles. The predicted molar refractivity (Wildman–Crippen MR) is 182 cm³/mol. The van der Waals surface area contributed by atoms with Crippen molar-refractivity contribution in [1.29, 1.82) is 0 Å². The molecule has 0 saturated heterocycles. The van der Waals surface area contributed by atoms with E-state index in [9.17, 15) is 9.59 Å². The van der Waals surface area contributed by atoms with E-state index in [1.54, 1.807) is 43.7 Å². The van der Waals surface area contributed by atoms with Gasteiger partial charge in [-0.3, -0.25) is 9.36 Å². The van der Waals surface area contributed by atoms with Crippen molar-refractivity contribution in [3.8, 4) is 17.2 Å². The minimum atomic E-state index is -0.786. The summed E-state index contributed by atoms with van der Waals surface area (Å²) in [6.07, 6.45) is 1.79. The first-order valence-corrected chi connectivity index (χ1v) is 16.8. The van der Waals surface area contributed by atoms with Crippen LogP contribution in [0.15, 0.2) is 84.6 Å². The summed E-state index contributed by atoms with van der Waals surface area (Å²) >= 11 is 14.8. The average molecular weight is 777 g/mol. The van der Waals surface area contributed by atoms with Gasteiger partial charge >= 0.3 is 5.97 Å². The Morgan fingerprint density at radius 3 is 2.44 bits per heavy atom. The first-order chi connectivity index (χ1) is 21.7. The van der Waals surface area contributed by atoms with Crippen molar-refractivity contribution in [2.45, 2.75) is 33.4 Å². The van der Waals surface area contributed by atoms with Crippen LogP contribution in [0.5, 0.6) is 17.2 Å². The molecule has 0 spiro atoms. The van der Waals surface area contributed by atoms with E-state index in [0.29, 0.717) is 58.4 Å². The van der Waals surface area contributed by atoms with Gasteiger partial charge in [-0.2, -0.15) is 0 Å². The van der Waals surface area contributed by atoms with Gasteiger partial charge in [-0.05, 0) is 100 Å². The van der Waals surface area contributed by atoms with Crippen molar-refractivity contribution in [1.82, 2.24) is 4.57 Å². The van der Waals surface area contributed by atoms with Crippen molar-refractivity contribution in [3.05, 3.63) is 116 Å². The minimum absolute atomic E-state index is 0.182. The van der Waals surface area contributed by atoms with Crippen LogP contribution in [0.3, 0.4) is 0 Å². The molecule has 0 saturated carbocycles. The number of esters is 1. The molecule has 12 heteroatoms. The van der Waals surface area contributed by atoms with E-state index in [2.05, 4.69) is 36.9 Å². The molecule has 0 radical (unpaired) electrons. The fourth-order valence-electron chi connectivity index (χ4n) is 4.96. The Morgan fingerprint density at radius 2 is 1.78 bits per heavy atom. The second-order valence-corrected chi connectivity index (χ2v) is 13.0. The number of ether oxygens (including phenoxy) is 4. The number of benzene rings is 3. The molecular weight excluding hydrogens is 748 g/mol. The molecule has 0 fully saturated rings. The summed E-state index contributed by atoms with van der Waals surface area (Å²) in [6.45, 7) is 6.24. The van der Waals surface area contributed by atoms with E-state index < -0.39 is 12.0 Å². The minimum Gasteiger partial charge on any atom is -0.493 e. The maximum absolute atomic E-state index is 14.1. The number of nitrogens with zero attached hydrogens (tertiary/aromatic N) is 2. The number of fused-ring (bicyclic) bond motifs is 1. The van der Waals surface area contributed by atoms with Gasteiger partial charge in [0.25, 0.3) is 5.56 Å². The Labute approximate surface area is 285 Å². The number of halogens is 3. The smallest absolute Gasteiger partial charge is 0.338 e. The predicted octanol–water partition coefficient (Wildman–Crippen LogP) is 6.96. The van der Waals surface area contributed by atoms with Crippen LogP contribution in [0.25, 0.3) is 6.08 Å². The molecule has 4 aromatic rings. The number of allylic oxidation sites excluding steroid dienone is 1. The van der Waals surface area contributed by atoms with Gasteiger partial charge in [-0.25, -0.2) is 9.79 Å². The fraction of sp³-hybridized carbons (Fsp3) is 0.242. The quantitative estimate of drug-likeness (QED) is 0.162. The highest BCUT2D eigenvalue weighted by atomic mass is 79.9. The van der Waals surface area contributed by atoms with E-state index in [1.807, 2.05) is 49.4 Å². The highest BCUT2D eigenvalue weighted by Crippen LogP contribution is 2.37. The average Bonchev–Trinajstić information content (AvgIpc) is 3.30. The van der Waals surface area contributed by atoms with Gasteiger partial charge in [0.2, 0.25) is 0 Å². The molecule has 2 heterocycles. The second kappa shape index (κ2) is 14.4. The zero-order chi connectivity index (χ0) is 32.2.